The van der Waals surface area contributed by atoms with E-state index < -0.39 is 0 Å². The van der Waals surface area contributed by atoms with Crippen molar-refractivity contribution in [3.63, 3.8) is 0 Å². The number of fused-ring (bicyclic) bond motifs is 1. The minimum absolute atomic E-state index is 0.111. The van der Waals surface area contributed by atoms with E-state index in [2.05, 4.69) is 23.5 Å². The summed E-state index contributed by atoms with van der Waals surface area (Å²) in [5.74, 6) is 1.99. The van der Waals surface area contributed by atoms with Crippen molar-refractivity contribution in [2.24, 2.45) is 0 Å². The normalized spacial score (nSPS) is 14.8. The van der Waals surface area contributed by atoms with Crippen LogP contribution in [-0.4, -0.2) is 25.1 Å². The molecule has 4 rings (SSSR count). The van der Waals surface area contributed by atoms with Crippen LogP contribution in [-0.2, 0) is 6.42 Å². The summed E-state index contributed by atoms with van der Waals surface area (Å²) in [5.41, 5.74) is 3.29. The van der Waals surface area contributed by atoms with Gasteiger partial charge in [0.05, 0.1) is 13.2 Å². The molecular formula is C24H24N2O3. The van der Waals surface area contributed by atoms with E-state index in [0.29, 0.717) is 17.2 Å². The Balaban J connectivity index is 1.40. The zero-order chi connectivity index (χ0) is 20.2. The van der Waals surface area contributed by atoms with Gasteiger partial charge in [0, 0.05) is 12.7 Å². The van der Waals surface area contributed by atoms with Crippen LogP contribution in [0.1, 0.15) is 23.6 Å². The predicted octanol–water partition coefficient (Wildman–Crippen LogP) is 5.64. The number of aryl methyl sites for hydroxylation is 1. The minimum Gasteiger partial charge on any atom is -0.493 e. The van der Waals surface area contributed by atoms with E-state index in [1.54, 1.807) is 12.0 Å². The summed E-state index contributed by atoms with van der Waals surface area (Å²) in [4.78, 5) is 14.5. The second-order valence-corrected chi connectivity index (χ2v) is 7.07. The Morgan fingerprint density at radius 2 is 1.66 bits per heavy atom. The maximum atomic E-state index is 12.7. The number of amides is 2. The molecule has 1 unspecified atom stereocenters. The number of para-hydroxylation sites is 2. The van der Waals surface area contributed by atoms with Crippen LogP contribution in [0.25, 0.3) is 0 Å². The van der Waals surface area contributed by atoms with Gasteiger partial charge < -0.3 is 19.7 Å². The molecule has 3 aromatic carbocycles. The number of methoxy groups -OCH3 is 1. The van der Waals surface area contributed by atoms with Crippen molar-refractivity contribution in [1.29, 1.82) is 0 Å². The first kappa shape index (κ1) is 18.9. The van der Waals surface area contributed by atoms with Gasteiger partial charge in [0.15, 0.2) is 11.5 Å². The maximum Gasteiger partial charge on any atom is 0.322 e. The lowest BCUT2D eigenvalue weighted by Gasteiger charge is -2.25. The number of nitrogens with one attached hydrogen (secondary N) is 1. The van der Waals surface area contributed by atoms with E-state index in [1.165, 1.54) is 11.1 Å². The number of ether oxygens (including phenoxy) is 2. The van der Waals surface area contributed by atoms with Gasteiger partial charge in [-0.1, -0.05) is 36.4 Å². The van der Waals surface area contributed by atoms with Crippen LogP contribution in [0.15, 0.2) is 72.8 Å². The van der Waals surface area contributed by atoms with Gasteiger partial charge in [-0.15, -0.1) is 0 Å². The van der Waals surface area contributed by atoms with Crippen LogP contribution in [0.2, 0.25) is 0 Å². The summed E-state index contributed by atoms with van der Waals surface area (Å²) in [7, 11) is 3.46. The van der Waals surface area contributed by atoms with Gasteiger partial charge in [0.25, 0.3) is 0 Å². The highest BCUT2D eigenvalue weighted by Gasteiger charge is 2.28. The Kier molecular flexibility index (Phi) is 5.38. The molecule has 5 nitrogen and oxygen atoms in total. The number of hydrogen-bond acceptors (Lipinski definition) is 3. The molecule has 29 heavy (non-hydrogen) atoms. The lowest BCUT2D eigenvalue weighted by atomic mass is 10.1. The number of carbonyl (C=O) groups excluding carboxylic acids is 1. The second kappa shape index (κ2) is 8.27. The topological polar surface area (TPSA) is 50.8 Å². The number of urea groups is 1. The molecule has 0 aromatic heterocycles. The average Bonchev–Trinajstić information content (AvgIpc) is 3.19. The largest absolute Gasteiger partial charge is 0.493 e. The Morgan fingerprint density at radius 3 is 2.41 bits per heavy atom. The number of benzene rings is 3. The number of rotatable bonds is 5. The zero-order valence-corrected chi connectivity index (χ0v) is 16.6. The van der Waals surface area contributed by atoms with E-state index in [4.69, 9.17) is 9.47 Å². The monoisotopic (exact) mass is 388 g/mol. The van der Waals surface area contributed by atoms with Gasteiger partial charge in [-0.25, -0.2) is 4.79 Å². The maximum absolute atomic E-state index is 12.7. The molecule has 0 saturated carbocycles. The van der Waals surface area contributed by atoms with Gasteiger partial charge in [0.2, 0.25) is 0 Å². The lowest BCUT2D eigenvalue weighted by molar-refractivity contribution is 0.204. The summed E-state index contributed by atoms with van der Waals surface area (Å²) in [6.07, 6.45) is 1.96. The van der Waals surface area contributed by atoms with E-state index >= 15 is 0 Å². The fraction of sp³-hybridized carbons (Fsp3) is 0.208. The Bertz CT molecular complexity index is 1000. The minimum atomic E-state index is -0.120. The smallest absolute Gasteiger partial charge is 0.322 e. The molecule has 0 fully saturated rings. The summed E-state index contributed by atoms with van der Waals surface area (Å²) >= 11 is 0. The average molecular weight is 388 g/mol. The molecule has 1 N–H and O–H groups in total. The van der Waals surface area contributed by atoms with Crippen molar-refractivity contribution in [2.45, 2.75) is 18.9 Å². The molecular weight excluding hydrogens is 364 g/mol. The van der Waals surface area contributed by atoms with Crippen molar-refractivity contribution in [1.82, 2.24) is 4.90 Å². The molecule has 0 heterocycles. The third-order valence-electron chi connectivity index (χ3n) is 5.29. The molecule has 148 valence electrons. The highest BCUT2D eigenvalue weighted by molar-refractivity contribution is 5.89. The molecule has 0 aliphatic heterocycles. The summed E-state index contributed by atoms with van der Waals surface area (Å²) in [6.45, 7) is 0. The number of nitrogens with zero attached hydrogens (tertiary/aromatic N) is 1. The van der Waals surface area contributed by atoms with E-state index in [9.17, 15) is 4.79 Å². The fourth-order valence-electron chi connectivity index (χ4n) is 3.73. The van der Waals surface area contributed by atoms with Gasteiger partial charge in [-0.3, -0.25) is 0 Å². The van der Waals surface area contributed by atoms with Crippen molar-refractivity contribution in [3.05, 3.63) is 83.9 Å². The standard InChI is InChI=1S/C24H24N2O3/c1-26(21-16-11-17-7-3-4-8-20(17)21)24(27)25-18-12-14-19(15-13-18)29-23-10-6-5-9-22(23)28-2/h3-10,12-15,21H,11,16H2,1-2H3,(H,25,27). The zero-order valence-electron chi connectivity index (χ0n) is 16.6. The van der Waals surface area contributed by atoms with Crippen LogP contribution in [0.5, 0.6) is 17.2 Å². The SMILES string of the molecule is COc1ccccc1Oc1ccc(NC(=O)N(C)C2CCc3ccccc32)cc1. The van der Waals surface area contributed by atoms with E-state index in [1.807, 2.05) is 61.6 Å². The number of carbonyl (C=O) groups is 1. The molecule has 1 aliphatic carbocycles. The fourth-order valence-corrected chi connectivity index (χ4v) is 3.73. The van der Waals surface area contributed by atoms with Crippen molar-refractivity contribution >= 4 is 11.7 Å². The molecule has 2 amide bonds. The van der Waals surface area contributed by atoms with Crippen LogP contribution in [0.3, 0.4) is 0 Å². The number of hydrogen-bond donors (Lipinski definition) is 1. The van der Waals surface area contributed by atoms with Gasteiger partial charge >= 0.3 is 6.03 Å². The highest BCUT2D eigenvalue weighted by Crippen LogP contribution is 2.35. The Morgan fingerprint density at radius 1 is 0.966 bits per heavy atom. The van der Waals surface area contributed by atoms with Crippen LogP contribution in [0.4, 0.5) is 10.5 Å². The predicted molar refractivity (Wildman–Crippen MR) is 114 cm³/mol. The Hall–Kier alpha value is -3.47. The van der Waals surface area contributed by atoms with Crippen molar-refractivity contribution < 1.29 is 14.3 Å². The second-order valence-electron chi connectivity index (χ2n) is 7.07. The summed E-state index contributed by atoms with van der Waals surface area (Å²) in [6, 6.07) is 23.1. The molecule has 3 aromatic rings. The van der Waals surface area contributed by atoms with E-state index in [-0.39, 0.29) is 12.1 Å². The summed E-state index contributed by atoms with van der Waals surface area (Å²) in [5, 5.41) is 2.97. The molecule has 1 aliphatic rings. The molecule has 5 heteroatoms. The first-order valence-electron chi connectivity index (χ1n) is 9.68. The van der Waals surface area contributed by atoms with Crippen LogP contribution in [0, 0.1) is 0 Å². The molecule has 0 radical (unpaired) electrons. The number of anilines is 1. The van der Waals surface area contributed by atoms with Crippen molar-refractivity contribution in [2.75, 3.05) is 19.5 Å². The first-order valence-corrected chi connectivity index (χ1v) is 9.68. The molecule has 0 bridgehead atoms. The van der Waals surface area contributed by atoms with Crippen LogP contribution < -0.4 is 14.8 Å². The van der Waals surface area contributed by atoms with Gasteiger partial charge in [-0.05, 0) is 60.4 Å². The van der Waals surface area contributed by atoms with Crippen LogP contribution >= 0.6 is 0 Å². The quantitative estimate of drug-likeness (QED) is 0.615. The van der Waals surface area contributed by atoms with Gasteiger partial charge in [0.1, 0.15) is 5.75 Å². The summed E-state index contributed by atoms with van der Waals surface area (Å²) < 4.78 is 11.2. The Labute approximate surface area is 170 Å². The highest BCUT2D eigenvalue weighted by atomic mass is 16.5. The van der Waals surface area contributed by atoms with E-state index in [0.717, 1.165) is 18.5 Å². The van der Waals surface area contributed by atoms with Crippen molar-refractivity contribution in [3.8, 4) is 17.2 Å². The molecule has 0 spiro atoms. The third-order valence-corrected chi connectivity index (χ3v) is 5.29. The third kappa shape index (κ3) is 4.04. The first-order chi connectivity index (χ1) is 14.2. The molecule has 1 atom stereocenters. The lowest BCUT2D eigenvalue weighted by Crippen LogP contribution is -2.33. The van der Waals surface area contributed by atoms with Gasteiger partial charge in [-0.2, -0.15) is 0 Å². The molecule has 0 saturated heterocycles.